The van der Waals surface area contributed by atoms with Gasteiger partial charge in [0.15, 0.2) is 0 Å². The number of pyridine rings is 1. The van der Waals surface area contributed by atoms with Crippen LogP contribution in [0.25, 0.3) is 11.1 Å². The molecule has 0 saturated heterocycles. The molecule has 7 heteroatoms. The number of nitrogens with one attached hydrogen (secondary N) is 1. The van der Waals surface area contributed by atoms with Crippen LogP contribution in [0.3, 0.4) is 0 Å². The fourth-order valence-electron chi connectivity index (χ4n) is 2.39. The van der Waals surface area contributed by atoms with Crippen LogP contribution in [0.1, 0.15) is 16.1 Å². The second-order valence-electron chi connectivity index (χ2n) is 5.62. The van der Waals surface area contributed by atoms with E-state index in [-0.39, 0.29) is 18.0 Å². The topological polar surface area (TPSA) is 88.5 Å². The van der Waals surface area contributed by atoms with E-state index in [2.05, 4.69) is 10.3 Å². The zero-order valence-electron chi connectivity index (χ0n) is 14.1. The fourth-order valence-corrected chi connectivity index (χ4v) is 2.39. The van der Waals surface area contributed by atoms with Gasteiger partial charge >= 0.3 is 12.1 Å². The average molecular weight is 366 g/mol. The predicted octanol–water partition coefficient (Wildman–Crippen LogP) is 4.33. The molecule has 0 bridgehead atoms. The van der Waals surface area contributed by atoms with Crippen LogP contribution in [0.15, 0.2) is 66.9 Å². The lowest BCUT2D eigenvalue weighted by Crippen LogP contribution is -2.14. The Morgan fingerprint density at radius 2 is 1.78 bits per heavy atom. The summed E-state index contributed by atoms with van der Waals surface area (Å²) < 4.78 is 19.4. The van der Waals surface area contributed by atoms with Gasteiger partial charge in [-0.3, -0.25) is 5.32 Å². The first-order valence-corrected chi connectivity index (χ1v) is 8.00. The minimum absolute atomic E-state index is 0.0377. The highest BCUT2D eigenvalue weighted by Gasteiger charge is 2.11. The molecule has 0 spiro atoms. The largest absolute Gasteiger partial charge is 0.477 e. The smallest absolute Gasteiger partial charge is 0.412 e. The van der Waals surface area contributed by atoms with E-state index < -0.39 is 17.9 Å². The third-order valence-corrected chi connectivity index (χ3v) is 3.73. The van der Waals surface area contributed by atoms with Gasteiger partial charge in [-0.05, 0) is 41.0 Å². The van der Waals surface area contributed by atoms with E-state index in [4.69, 9.17) is 9.84 Å². The number of ether oxygens (including phenoxy) is 1. The first kappa shape index (κ1) is 18.1. The molecule has 136 valence electrons. The number of nitrogens with zero attached hydrogens (tertiary/aromatic N) is 1. The van der Waals surface area contributed by atoms with Crippen molar-refractivity contribution in [3.8, 4) is 11.1 Å². The lowest BCUT2D eigenvalue weighted by molar-refractivity contribution is 0.0690. The number of hydrogen-bond donors (Lipinski definition) is 2. The van der Waals surface area contributed by atoms with Crippen molar-refractivity contribution < 1.29 is 23.8 Å². The molecular weight excluding hydrogens is 351 g/mol. The molecule has 2 aromatic carbocycles. The standard InChI is InChI=1S/C20H15FN2O4/c21-16-10-14(15-8-9-22-18(11-15)19(24)25)6-7-17(16)23-20(26)27-12-13-4-2-1-3-5-13/h1-11H,12H2,(H,23,26)(H,24,25). The number of carbonyl (C=O) groups excluding carboxylic acids is 1. The number of amides is 1. The summed E-state index contributed by atoms with van der Waals surface area (Å²) in [6.45, 7) is 0.0708. The molecule has 0 saturated carbocycles. The minimum Gasteiger partial charge on any atom is -0.477 e. The number of carbonyl (C=O) groups is 2. The summed E-state index contributed by atoms with van der Waals surface area (Å²) in [5, 5.41) is 11.3. The van der Waals surface area contributed by atoms with Gasteiger partial charge in [-0.25, -0.2) is 19.0 Å². The summed E-state index contributed by atoms with van der Waals surface area (Å²) in [6.07, 6.45) is 0.562. The number of anilines is 1. The molecule has 27 heavy (non-hydrogen) atoms. The molecule has 0 aliphatic carbocycles. The van der Waals surface area contributed by atoms with E-state index in [0.717, 1.165) is 5.56 Å². The third-order valence-electron chi connectivity index (χ3n) is 3.73. The molecule has 3 aromatic rings. The normalized spacial score (nSPS) is 10.3. The van der Waals surface area contributed by atoms with Crippen molar-refractivity contribution >= 4 is 17.7 Å². The Balaban J connectivity index is 1.68. The SMILES string of the molecule is O=C(Nc1ccc(-c2ccnc(C(=O)O)c2)cc1F)OCc1ccccc1. The van der Waals surface area contributed by atoms with E-state index >= 15 is 0 Å². The van der Waals surface area contributed by atoms with Gasteiger partial charge in [-0.15, -0.1) is 0 Å². The highest BCUT2D eigenvalue weighted by atomic mass is 19.1. The van der Waals surface area contributed by atoms with Crippen LogP contribution in [-0.2, 0) is 11.3 Å². The number of aromatic nitrogens is 1. The molecule has 1 amide bonds. The lowest BCUT2D eigenvalue weighted by atomic mass is 10.1. The Kier molecular flexibility index (Phi) is 5.41. The maximum Gasteiger partial charge on any atom is 0.412 e. The van der Waals surface area contributed by atoms with Gasteiger partial charge in [0, 0.05) is 6.20 Å². The first-order valence-electron chi connectivity index (χ1n) is 8.00. The molecule has 1 aromatic heterocycles. The van der Waals surface area contributed by atoms with E-state index in [1.807, 2.05) is 30.3 Å². The van der Waals surface area contributed by atoms with Crippen LogP contribution < -0.4 is 5.32 Å². The molecule has 0 aliphatic heterocycles. The number of benzene rings is 2. The second kappa shape index (κ2) is 8.09. The summed E-state index contributed by atoms with van der Waals surface area (Å²) in [4.78, 5) is 26.6. The second-order valence-corrected chi connectivity index (χ2v) is 5.62. The van der Waals surface area contributed by atoms with Crippen molar-refractivity contribution in [3.05, 3.63) is 83.9 Å². The molecule has 2 N–H and O–H groups in total. The Hall–Kier alpha value is -3.74. The monoisotopic (exact) mass is 366 g/mol. The molecule has 0 unspecified atom stereocenters. The van der Waals surface area contributed by atoms with Crippen molar-refractivity contribution in [2.45, 2.75) is 6.61 Å². The molecule has 3 rings (SSSR count). The van der Waals surface area contributed by atoms with Crippen molar-refractivity contribution in [3.63, 3.8) is 0 Å². The average Bonchev–Trinajstić information content (AvgIpc) is 2.69. The highest BCUT2D eigenvalue weighted by Crippen LogP contribution is 2.24. The Bertz CT molecular complexity index is 977. The zero-order chi connectivity index (χ0) is 19.2. The van der Waals surface area contributed by atoms with Gasteiger partial charge in [0.1, 0.15) is 18.1 Å². The summed E-state index contributed by atoms with van der Waals surface area (Å²) in [5.41, 5.74) is 1.60. The quantitative estimate of drug-likeness (QED) is 0.701. The van der Waals surface area contributed by atoms with Gasteiger partial charge in [0.25, 0.3) is 0 Å². The van der Waals surface area contributed by atoms with Crippen molar-refractivity contribution in [2.24, 2.45) is 0 Å². The maximum absolute atomic E-state index is 14.3. The van der Waals surface area contributed by atoms with Crippen LogP contribution in [-0.4, -0.2) is 22.2 Å². The number of carboxylic acid groups (broad SMARTS) is 1. The number of hydrogen-bond acceptors (Lipinski definition) is 4. The van der Waals surface area contributed by atoms with Gasteiger partial charge in [-0.1, -0.05) is 36.4 Å². The minimum atomic E-state index is -1.17. The van der Waals surface area contributed by atoms with Gasteiger partial charge in [0.05, 0.1) is 5.69 Å². The van der Waals surface area contributed by atoms with Gasteiger partial charge in [-0.2, -0.15) is 0 Å². The van der Waals surface area contributed by atoms with E-state index in [1.165, 1.54) is 24.4 Å². The Morgan fingerprint density at radius 1 is 1.04 bits per heavy atom. The predicted molar refractivity (Wildman–Crippen MR) is 96.8 cm³/mol. The van der Waals surface area contributed by atoms with Crippen LogP contribution >= 0.6 is 0 Å². The van der Waals surface area contributed by atoms with Gasteiger partial charge in [0.2, 0.25) is 0 Å². The van der Waals surface area contributed by atoms with Crippen LogP contribution in [0.4, 0.5) is 14.9 Å². The Labute approximate surface area is 154 Å². The van der Waals surface area contributed by atoms with Crippen LogP contribution in [0.5, 0.6) is 0 Å². The molecule has 1 heterocycles. The van der Waals surface area contributed by atoms with Crippen molar-refractivity contribution in [1.82, 2.24) is 4.98 Å². The highest BCUT2D eigenvalue weighted by molar-refractivity contribution is 5.88. The van der Waals surface area contributed by atoms with Gasteiger partial charge < -0.3 is 9.84 Å². The third kappa shape index (κ3) is 4.66. The van der Waals surface area contributed by atoms with Crippen molar-refractivity contribution in [2.75, 3.05) is 5.32 Å². The summed E-state index contributed by atoms with van der Waals surface area (Å²) >= 11 is 0. The lowest BCUT2D eigenvalue weighted by Gasteiger charge is -2.09. The fraction of sp³-hybridized carbons (Fsp3) is 0.0500. The van der Waals surface area contributed by atoms with E-state index in [0.29, 0.717) is 11.1 Å². The van der Waals surface area contributed by atoms with Crippen LogP contribution in [0, 0.1) is 5.82 Å². The molecule has 0 atom stereocenters. The van der Waals surface area contributed by atoms with Crippen molar-refractivity contribution in [1.29, 1.82) is 0 Å². The summed E-state index contributed by atoms with van der Waals surface area (Å²) in [5.74, 6) is -1.84. The number of aromatic carboxylic acids is 1. The summed E-state index contributed by atoms with van der Waals surface area (Å²) in [6, 6.07) is 16.2. The first-order chi connectivity index (χ1) is 13.0. The van der Waals surface area contributed by atoms with E-state index in [9.17, 15) is 14.0 Å². The number of halogens is 1. The number of carboxylic acids is 1. The molecule has 0 aliphatic rings. The molecule has 6 nitrogen and oxygen atoms in total. The maximum atomic E-state index is 14.3. The van der Waals surface area contributed by atoms with Crippen LogP contribution in [0.2, 0.25) is 0 Å². The number of rotatable bonds is 5. The van der Waals surface area contributed by atoms with E-state index in [1.54, 1.807) is 12.1 Å². The molecular formula is C20H15FN2O4. The molecule has 0 radical (unpaired) electrons. The Morgan fingerprint density at radius 3 is 2.48 bits per heavy atom. The summed E-state index contributed by atoms with van der Waals surface area (Å²) in [7, 11) is 0. The zero-order valence-corrected chi connectivity index (χ0v) is 14.1. The molecule has 0 fully saturated rings.